The van der Waals surface area contributed by atoms with E-state index >= 15 is 0 Å². The van der Waals surface area contributed by atoms with Crippen LogP contribution >= 0.6 is 0 Å². The third-order valence-corrected chi connectivity index (χ3v) is 0. The molecule has 0 heterocycles. The van der Waals surface area contributed by atoms with E-state index in [1.54, 1.807) is 0 Å². The summed E-state index contributed by atoms with van der Waals surface area (Å²) in [6.07, 6.45) is 0. The van der Waals surface area contributed by atoms with Crippen LogP contribution in [0.15, 0.2) is 0 Å². The zero-order valence-electron chi connectivity index (χ0n) is 1.74. The summed E-state index contributed by atoms with van der Waals surface area (Å²) < 4.78 is 18.2. The minimum Gasteiger partial charge on any atom is -0.0104 e. The van der Waals surface area contributed by atoms with Gasteiger partial charge in [-0.05, 0) is 9.05 Å². The van der Waals surface area contributed by atoms with Crippen molar-refractivity contribution in [2.24, 2.45) is 0 Å². The van der Waals surface area contributed by atoms with Gasteiger partial charge in [-0.1, -0.05) is 0 Å². The molecule has 0 aromatic heterocycles. The van der Waals surface area contributed by atoms with Crippen molar-refractivity contribution >= 4 is 8.41 Å². The molecule has 0 aliphatic carbocycles. The Kier molecular flexibility index (Phi) is 29.8. The normalized spacial score (nSPS) is 4.50. The first-order valence-electron chi connectivity index (χ1n) is 0.309. The number of hydrogen-bond acceptors (Lipinski definition) is 1. The Balaban J connectivity index is 0. The van der Waals surface area contributed by atoms with Crippen LogP contribution < -0.4 is 0 Å². The van der Waals surface area contributed by atoms with Crippen LogP contribution in [-0.2, 0) is 5.15 Å². The van der Waals surface area contributed by atoms with Crippen LogP contribution in [0.2, 0.25) is 0 Å². The monoisotopic (exact) mass is 65.0 g/mol. The van der Waals surface area contributed by atoms with E-state index in [0.717, 1.165) is 0 Å². The summed E-state index contributed by atoms with van der Waals surface area (Å²) in [6, 6.07) is 0. The van der Waals surface area contributed by atoms with Crippen LogP contribution in [0.4, 0.5) is 9.05 Å². The molecule has 0 unspecified atom stereocenters. The maximum Gasteiger partial charge on any atom is 0.0209 e. The van der Waals surface area contributed by atoms with E-state index < -0.39 is 0 Å². The minimum absolute atomic E-state index is 0. The summed E-state index contributed by atoms with van der Waals surface area (Å²) in [6.45, 7) is 0. The molecule has 0 N–H and O–H groups in total. The van der Waals surface area contributed by atoms with E-state index in [0.29, 0.717) is 0 Å². The van der Waals surface area contributed by atoms with Crippen LogP contribution in [0.1, 0.15) is 0 Å². The molecule has 1 nitrogen and oxygen atoms in total. The highest BCUT2D eigenvalue weighted by Gasteiger charge is 1.42. The molecule has 0 bridgehead atoms. The van der Waals surface area contributed by atoms with Gasteiger partial charge in [-0.15, -0.1) is 0 Å². The van der Waals surface area contributed by atoms with Crippen molar-refractivity contribution in [1.82, 2.24) is 0 Å². The summed E-state index contributed by atoms with van der Waals surface area (Å²) in [5.74, 6) is 0. The summed E-state index contributed by atoms with van der Waals surface area (Å²) in [4.78, 5) is 0. The van der Waals surface area contributed by atoms with Crippen molar-refractivity contribution in [1.29, 1.82) is 0 Å². The number of rotatable bonds is 0. The van der Waals surface area contributed by atoms with E-state index in [1.165, 1.54) is 5.15 Å². The zero-order valence-corrected chi connectivity index (χ0v) is 1.74. The van der Waals surface area contributed by atoms with Gasteiger partial charge in [-0.2, -0.15) is 0 Å². The van der Waals surface area contributed by atoms with Gasteiger partial charge in [-0.25, -0.2) is 0 Å². The molecule has 0 saturated heterocycles. The van der Waals surface area contributed by atoms with Crippen molar-refractivity contribution in [3.05, 3.63) is 0 Å². The lowest BCUT2D eigenvalue weighted by atomic mass is 10.8. The van der Waals surface area contributed by atoms with Crippen LogP contribution in [-0.4, -0.2) is 8.41 Å². The first-order chi connectivity index (χ1) is 1.41. The Bertz CT molecular complexity index is 6.00. The molecular weight excluding hydrogens is 64.8 g/mol. The smallest absolute Gasteiger partial charge is 0.0104 e. The van der Waals surface area contributed by atoms with E-state index in [-0.39, 0.29) is 8.41 Å². The van der Waals surface area contributed by atoms with Crippen molar-refractivity contribution in [2.45, 2.75) is 0 Å². The lowest BCUT2D eigenvalue weighted by Crippen LogP contribution is -1.26. The second kappa shape index (κ2) is 13.1. The summed E-state index contributed by atoms with van der Waals surface area (Å²) in [7, 11) is 0. The van der Waals surface area contributed by atoms with Crippen molar-refractivity contribution in [2.75, 3.05) is 0 Å². The van der Waals surface area contributed by atoms with E-state index in [9.17, 15) is 0 Å². The molecule has 0 saturated carbocycles. The first kappa shape index (κ1) is 9.10. The molecule has 4 heavy (non-hydrogen) atoms. The molecule has 0 aliphatic rings. The topological polar surface area (TPSA) is 9.23 Å². The van der Waals surface area contributed by atoms with Gasteiger partial charge in [0, 0.05) is 13.6 Å². The van der Waals surface area contributed by atoms with Crippen molar-refractivity contribution in [3.63, 3.8) is 0 Å². The Labute approximate surface area is 23.9 Å². The number of halogens is 2. The quantitative estimate of drug-likeness (QED) is 0.371. The average molecular weight is 64.8 g/mol. The summed E-state index contributed by atoms with van der Waals surface area (Å²) in [5.41, 5.74) is 0. The Morgan fingerprint density at radius 1 is 1.25 bits per heavy atom. The molecular formula is BF2O. The Morgan fingerprint density at radius 2 is 1.25 bits per heavy atom. The second-order valence-corrected chi connectivity index (χ2v) is 0.0583. The zero-order chi connectivity index (χ0) is 2.71. The number of hydrogen-bond donors (Lipinski definition) is 0. The molecule has 0 aromatic rings. The molecule has 0 fully saturated rings. The fourth-order valence-electron chi connectivity index (χ4n) is 0. The van der Waals surface area contributed by atoms with E-state index in [4.69, 9.17) is 9.05 Å². The van der Waals surface area contributed by atoms with Gasteiger partial charge in [0.15, 0.2) is 0 Å². The van der Waals surface area contributed by atoms with Crippen molar-refractivity contribution < 1.29 is 14.2 Å². The Morgan fingerprint density at radius 3 is 1.25 bits per heavy atom. The fourth-order valence-corrected chi connectivity index (χ4v) is 0. The van der Waals surface area contributed by atoms with Crippen molar-refractivity contribution in [3.8, 4) is 0 Å². The van der Waals surface area contributed by atoms with Gasteiger partial charge < -0.3 is 0 Å². The average Bonchev–Trinajstić information content (AvgIpc) is 0.918. The second-order valence-electron chi connectivity index (χ2n) is 0.0583. The van der Waals surface area contributed by atoms with Crippen LogP contribution in [0.5, 0.6) is 0 Å². The highest BCUT2D eigenvalue weighted by Crippen LogP contribution is 1.61. The van der Waals surface area contributed by atoms with Gasteiger partial charge >= 0.3 is 0 Å². The molecule has 23 valence electrons. The molecule has 0 atom stereocenters. The maximum absolute atomic E-state index is 9.12. The van der Waals surface area contributed by atoms with Crippen LogP contribution in [0, 0.1) is 0 Å². The standard InChI is InChI=1S/B.F2O/c;1-3-2. The van der Waals surface area contributed by atoms with Crippen LogP contribution in [0.3, 0.4) is 0 Å². The third kappa shape index (κ3) is 111. The fraction of sp³-hybridized carbons (Fsp3) is 0. The predicted octanol–water partition coefficient (Wildman–Crippen LogP) is 0.391. The van der Waals surface area contributed by atoms with Gasteiger partial charge in [0.1, 0.15) is 0 Å². The maximum atomic E-state index is 9.12. The highest BCUT2D eigenvalue weighted by atomic mass is 19.6. The third-order valence-electron chi connectivity index (χ3n) is 0. The molecule has 0 amide bonds. The largest absolute Gasteiger partial charge is 0.0209 e. The lowest BCUT2D eigenvalue weighted by Gasteiger charge is -1.41. The molecule has 4 heteroatoms. The minimum atomic E-state index is 0. The molecule has 0 rings (SSSR count). The van der Waals surface area contributed by atoms with Gasteiger partial charge in [0.05, 0.1) is 0 Å². The highest BCUT2D eigenvalue weighted by molar-refractivity contribution is 5.75. The van der Waals surface area contributed by atoms with Gasteiger partial charge in [0.25, 0.3) is 0 Å². The lowest BCUT2D eigenvalue weighted by molar-refractivity contribution is -0.317. The Hall–Kier alpha value is -0.115. The van der Waals surface area contributed by atoms with Crippen LogP contribution in [0.25, 0.3) is 0 Å². The van der Waals surface area contributed by atoms with E-state index in [2.05, 4.69) is 0 Å². The molecule has 0 aromatic carbocycles. The van der Waals surface area contributed by atoms with Gasteiger partial charge in [0.2, 0.25) is 0 Å². The molecule has 0 spiro atoms. The predicted molar refractivity (Wildman–Crippen MR) is 9.05 cm³/mol. The first-order valence-corrected chi connectivity index (χ1v) is 0.309. The van der Waals surface area contributed by atoms with E-state index in [1.807, 2.05) is 0 Å². The molecule has 0 aliphatic heterocycles. The summed E-state index contributed by atoms with van der Waals surface area (Å²) >= 11 is 0. The molecule has 3 radical (unpaired) electrons. The van der Waals surface area contributed by atoms with Gasteiger partial charge in [-0.3, -0.25) is 0 Å². The summed E-state index contributed by atoms with van der Waals surface area (Å²) in [5, 5.41) is 1.25. The SMILES string of the molecule is FOF.[B].